The van der Waals surface area contributed by atoms with Crippen molar-refractivity contribution in [2.45, 2.75) is 26.8 Å². The van der Waals surface area contributed by atoms with Crippen molar-refractivity contribution >= 4 is 11.5 Å². The number of benzene rings is 1. The van der Waals surface area contributed by atoms with Gasteiger partial charge in [0.25, 0.3) is 0 Å². The molecule has 0 saturated heterocycles. The Labute approximate surface area is 124 Å². The second kappa shape index (κ2) is 6.35. The summed E-state index contributed by atoms with van der Waals surface area (Å²) < 4.78 is 0. The molecule has 1 heterocycles. The first kappa shape index (κ1) is 15.0. The van der Waals surface area contributed by atoms with E-state index in [9.17, 15) is 10.1 Å². The summed E-state index contributed by atoms with van der Waals surface area (Å²) in [5.74, 6) is 0.581. The van der Waals surface area contributed by atoms with Gasteiger partial charge in [0, 0.05) is 12.3 Å². The molecule has 21 heavy (non-hydrogen) atoms. The number of nitrogens with one attached hydrogen (secondary N) is 1. The predicted octanol–water partition coefficient (Wildman–Crippen LogP) is 4.11. The third kappa shape index (κ3) is 3.37. The Bertz CT molecular complexity index is 641. The summed E-state index contributed by atoms with van der Waals surface area (Å²) in [6.07, 6.45) is 1.56. The Morgan fingerprint density at radius 3 is 2.52 bits per heavy atom. The second-order valence-corrected chi connectivity index (χ2v) is 5.35. The van der Waals surface area contributed by atoms with Crippen LogP contribution in [-0.2, 0) is 0 Å². The molecule has 0 fully saturated rings. The van der Waals surface area contributed by atoms with Crippen LogP contribution in [0.25, 0.3) is 0 Å². The van der Waals surface area contributed by atoms with Crippen LogP contribution in [0.15, 0.2) is 42.6 Å². The number of pyridine rings is 1. The van der Waals surface area contributed by atoms with Crippen LogP contribution in [0.4, 0.5) is 11.5 Å². The fraction of sp³-hybridized carbons (Fsp3) is 0.312. The highest BCUT2D eigenvalue weighted by atomic mass is 16.6. The number of hydrogen-bond donors (Lipinski definition) is 1. The minimum absolute atomic E-state index is 0.00302. The number of hydrogen-bond acceptors (Lipinski definition) is 4. The average molecular weight is 285 g/mol. The van der Waals surface area contributed by atoms with Gasteiger partial charge in [-0.15, -0.1) is 0 Å². The Morgan fingerprint density at radius 2 is 1.90 bits per heavy atom. The van der Waals surface area contributed by atoms with E-state index in [1.54, 1.807) is 12.3 Å². The van der Waals surface area contributed by atoms with E-state index in [1.807, 2.05) is 31.2 Å². The third-order valence-corrected chi connectivity index (χ3v) is 3.47. The SMILES string of the molecule is Cc1ccccc1C(Nc1ncccc1[N+](=O)[O-])C(C)C. The van der Waals surface area contributed by atoms with Gasteiger partial charge in [0.05, 0.1) is 11.0 Å². The van der Waals surface area contributed by atoms with E-state index in [4.69, 9.17) is 0 Å². The molecule has 5 nitrogen and oxygen atoms in total. The van der Waals surface area contributed by atoms with Gasteiger partial charge in [0.2, 0.25) is 5.82 Å². The molecular formula is C16H19N3O2. The zero-order chi connectivity index (χ0) is 15.4. The Morgan fingerprint density at radius 1 is 1.19 bits per heavy atom. The van der Waals surface area contributed by atoms with Crippen LogP contribution in [-0.4, -0.2) is 9.91 Å². The molecule has 5 heteroatoms. The molecule has 1 N–H and O–H groups in total. The van der Waals surface area contributed by atoms with Gasteiger partial charge in [-0.2, -0.15) is 0 Å². The summed E-state index contributed by atoms with van der Waals surface area (Å²) in [4.78, 5) is 14.8. The van der Waals surface area contributed by atoms with Gasteiger partial charge < -0.3 is 5.32 Å². The number of nitro groups is 1. The predicted molar refractivity (Wildman–Crippen MR) is 83.3 cm³/mol. The van der Waals surface area contributed by atoms with Gasteiger partial charge in [-0.1, -0.05) is 38.1 Å². The smallest absolute Gasteiger partial charge is 0.311 e. The minimum Gasteiger partial charge on any atom is -0.357 e. The lowest BCUT2D eigenvalue weighted by molar-refractivity contribution is -0.384. The first-order valence-electron chi connectivity index (χ1n) is 6.92. The Balaban J connectivity index is 2.39. The molecule has 1 unspecified atom stereocenters. The molecule has 2 aromatic rings. The minimum atomic E-state index is -0.412. The second-order valence-electron chi connectivity index (χ2n) is 5.35. The molecule has 2 rings (SSSR count). The highest BCUT2D eigenvalue weighted by molar-refractivity contribution is 5.56. The van der Waals surface area contributed by atoms with Crippen LogP contribution in [0.3, 0.4) is 0 Å². The maximum atomic E-state index is 11.1. The number of rotatable bonds is 5. The van der Waals surface area contributed by atoms with Gasteiger partial charge >= 0.3 is 5.69 Å². The van der Waals surface area contributed by atoms with Crippen LogP contribution in [0, 0.1) is 23.0 Å². The summed E-state index contributed by atoms with van der Waals surface area (Å²) in [5, 5.41) is 14.3. The molecule has 1 aromatic carbocycles. The number of nitrogens with zero attached hydrogens (tertiary/aromatic N) is 2. The molecule has 1 aromatic heterocycles. The maximum absolute atomic E-state index is 11.1. The van der Waals surface area contributed by atoms with Crippen molar-refractivity contribution in [3.8, 4) is 0 Å². The molecule has 0 aliphatic carbocycles. The summed E-state index contributed by atoms with van der Waals surface area (Å²) in [6, 6.07) is 11.1. The number of aryl methyl sites for hydroxylation is 1. The lowest BCUT2D eigenvalue weighted by Crippen LogP contribution is -2.19. The molecule has 0 bridgehead atoms. The van der Waals surface area contributed by atoms with Gasteiger partial charge in [0.15, 0.2) is 0 Å². The van der Waals surface area contributed by atoms with Crippen LogP contribution >= 0.6 is 0 Å². The summed E-state index contributed by atoms with van der Waals surface area (Å²) >= 11 is 0. The number of aromatic nitrogens is 1. The molecule has 0 aliphatic heterocycles. The Kier molecular flexibility index (Phi) is 4.52. The van der Waals surface area contributed by atoms with Crippen molar-refractivity contribution in [3.63, 3.8) is 0 Å². The molecule has 110 valence electrons. The fourth-order valence-electron chi connectivity index (χ4n) is 2.34. The third-order valence-electron chi connectivity index (χ3n) is 3.47. The van der Waals surface area contributed by atoms with Crippen molar-refractivity contribution in [2.24, 2.45) is 5.92 Å². The van der Waals surface area contributed by atoms with Crippen molar-refractivity contribution in [2.75, 3.05) is 5.32 Å². The topological polar surface area (TPSA) is 68.1 Å². The van der Waals surface area contributed by atoms with Crippen molar-refractivity contribution in [1.82, 2.24) is 4.98 Å². The summed E-state index contributed by atoms with van der Waals surface area (Å²) in [7, 11) is 0. The fourth-order valence-corrected chi connectivity index (χ4v) is 2.34. The molecule has 0 amide bonds. The molecule has 0 spiro atoms. The maximum Gasteiger partial charge on any atom is 0.311 e. The van der Waals surface area contributed by atoms with Crippen LogP contribution < -0.4 is 5.32 Å². The average Bonchev–Trinajstić information content (AvgIpc) is 2.45. The van der Waals surface area contributed by atoms with Gasteiger partial charge in [-0.25, -0.2) is 4.98 Å². The van der Waals surface area contributed by atoms with E-state index in [0.717, 1.165) is 11.1 Å². The summed E-state index contributed by atoms with van der Waals surface area (Å²) in [6.45, 7) is 6.21. The van der Waals surface area contributed by atoms with Gasteiger partial charge in [-0.3, -0.25) is 10.1 Å². The van der Waals surface area contributed by atoms with E-state index >= 15 is 0 Å². The standard InChI is InChI=1S/C16H19N3O2/c1-11(2)15(13-8-5-4-7-12(13)3)18-16-14(19(20)21)9-6-10-17-16/h4-11,15H,1-3H3,(H,17,18). The highest BCUT2D eigenvalue weighted by Gasteiger charge is 2.22. The largest absolute Gasteiger partial charge is 0.357 e. The first-order valence-corrected chi connectivity index (χ1v) is 6.92. The first-order chi connectivity index (χ1) is 10.0. The quantitative estimate of drug-likeness (QED) is 0.663. The molecule has 0 radical (unpaired) electrons. The van der Waals surface area contributed by atoms with Gasteiger partial charge in [0.1, 0.15) is 0 Å². The van der Waals surface area contributed by atoms with E-state index in [1.165, 1.54) is 6.07 Å². The number of anilines is 1. The monoisotopic (exact) mass is 285 g/mol. The van der Waals surface area contributed by atoms with Crippen molar-refractivity contribution < 1.29 is 4.92 Å². The van der Waals surface area contributed by atoms with E-state index in [-0.39, 0.29) is 17.6 Å². The van der Waals surface area contributed by atoms with Crippen molar-refractivity contribution in [3.05, 3.63) is 63.8 Å². The zero-order valence-corrected chi connectivity index (χ0v) is 12.4. The lowest BCUT2D eigenvalue weighted by Gasteiger charge is -2.24. The summed E-state index contributed by atoms with van der Waals surface area (Å²) in [5.41, 5.74) is 2.28. The highest BCUT2D eigenvalue weighted by Crippen LogP contribution is 2.31. The normalized spacial score (nSPS) is 12.2. The molecular weight excluding hydrogens is 266 g/mol. The van der Waals surface area contributed by atoms with E-state index in [0.29, 0.717) is 5.82 Å². The van der Waals surface area contributed by atoms with Crippen molar-refractivity contribution in [1.29, 1.82) is 0 Å². The molecule has 0 aliphatic rings. The molecule has 1 atom stereocenters. The molecule has 0 saturated carbocycles. The van der Waals surface area contributed by atoms with E-state index < -0.39 is 4.92 Å². The van der Waals surface area contributed by atoms with Gasteiger partial charge in [-0.05, 0) is 30.0 Å². The Hall–Kier alpha value is -2.43. The zero-order valence-electron chi connectivity index (χ0n) is 12.4. The van der Waals surface area contributed by atoms with E-state index in [2.05, 4.69) is 24.1 Å². The van der Waals surface area contributed by atoms with Crippen LogP contribution in [0.5, 0.6) is 0 Å². The van der Waals surface area contributed by atoms with Crippen LogP contribution in [0.1, 0.15) is 31.0 Å². The van der Waals surface area contributed by atoms with Crippen LogP contribution in [0.2, 0.25) is 0 Å². The lowest BCUT2D eigenvalue weighted by atomic mass is 9.92.